The van der Waals surface area contributed by atoms with E-state index in [-0.39, 0.29) is 5.91 Å². The van der Waals surface area contributed by atoms with Gasteiger partial charge in [-0.3, -0.25) is 4.79 Å². The maximum atomic E-state index is 12.6. The summed E-state index contributed by atoms with van der Waals surface area (Å²) in [5, 5.41) is 9.99. The summed E-state index contributed by atoms with van der Waals surface area (Å²) in [4.78, 5) is 28.3. The largest absolute Gasteiger partial charge is 0.480 e. The van der Waals surface area contributed by atoms with E-state index < -0.39 is 12.0 Å². The molecule has 0 spiro atoms. The second-order valence-electron chi connectivity index (χ2n) is 4.86. The van der Waals surface area contributed by atoms with Crippen LogP contribution in [0.25, 0.3) is 10.9 Å². The number of carbonyl (C=O) groups is 2. The van der Waals surface area contributed by atoms with Crippen LogP contribution in [0.4, 0.5) is 0 Å². The maximum absolute atomic E-state index is 12.6. The Morgan fingerprint density at radius 3 is 2.95 bits per heavy atom. The van der Waals surface area contributed by atoms with Crippen molar-refractivity contribution in [3.63, 3.8) is 0 Å². The second-order valence-corrected chi connectivity index (χ2v) is 5.71. The Morgan fingerprint density at radius 2 is 2.20 bits per heavy atom. The summed E-state index contributed by atoms with van der Waals surface area (Å²) in [6.45, 7) is 0.493. The number of aliphatic carboxylic acids is 1. The Morgan fingerprint density at radius 1 is 1.40 bits per heavy atom. The van der Waals surface area contributed by atoms with Crippen LogP contribution >= 0.6 is 15.9 Å². The molecule has 1 aliphatic heterocycles. The van der Waals surface area contributed by atoms with Gasteiger partial charge in [0.2, 0.25) is 0 Å². The summed E-state index contributed by atoms with van der Waals surface area (Å²) >= 11 is 3.44. The Balaban J connectivity index is 2.03. The van der Waals surface area contributed by atoms with Crippen LogP contribution in [0.15, 0.2) is 28.9 Å². The lowest BCUT2D eigenvalue weighted by atomic mass is 10.1. The summed E-state index contributed by atoms with van der Waals surface area (Å²) < 4.78 is 0.825. The van der Waals surface area contributed by atoms with Gasteiger partial charge in [0.05, 0.1) is 5.56 Å². The number of hydrogen-bond acceptors (Lipinski definition) is 2. The number of hydrogen-bond donors (Lipinski definition) is 2. The van der Waals surface area contributed by atoms with Crippen LogP contribution in [0.2, 0.25) is 0 Å². The first-order valence-electron chi connectivity index (χ1n) is 6.39. The van der Waals surface area contributed by atoms with Gasteiger partial charge >= 0.3 is 5.97 Å². The van der Waals surface area contributed by atoms with Gasteiger partial charge in [0.15, 0.2) is 0 Å². The SMILES string of the molecule is O=C(O)C1CCCN1C(=O)c1c[nH]c2cccc(Br)c12. The van der Waals surface area contributed by atoms with Gasteiger partial charge in [-0.1, -0.05) is 22.0 Å². The van der Waals surface area contributed by atoms with Crippen LogP contribution in [0.3, 0.4) is 0 Å². The van der Waals surface area contributed by atoms with E-state index >= 15 is 0 Å². The highest BCUT2D eigenvalue weighted by Gasteiger charge is 2.35. The minimum Gasteiger partial charge on any atom is -0.480 e. The van der Waals surface area contributed by atoms with E-state index in [9.17, 15) is 14.7 Å². The third-order valence-electron chi connectivity index (χ3n) is 3.68. The van der Waals surface area contributed by atoms with Crippen molar-refractivity contribution >= 4 is 38.7 Å². The Hall–Kier alpha value is -1.82. The molecule has 0 saturated carbocycles. The molecule has 1 amide bonds. The highest BCUT2D eigenvalue weighted by Crippen LogP contribution is 2.29. The molecule has 1 aromatic heterocycles. The quantitative estimate of drug-likeness (QED) is 0.885. The van der Waals surface area contributed by atoms with Crippen LogP contribution in [-0.4, -0.2) is 39.5 Å². The molecule has 2 aromatic rings. The molecule has 0 radical (unpaired) electrons. The molecule has 1 aliphatic rings. The van der Waals surface area contributed by atoms with Gasteiger partial charge in [-0.05, 0) is 25.0 Å². The fourth-order valence-electron chi connectivity index (χ4n) is 2.73. The van der Waals surface area contributed by atoms with Crippen LogP contribution in [0, 0.1) is 0 Å². The van der Waals surface area contributed by atoms with Crippen molar-refractivity contribution in [2.45, 2.75) is 18.9 Å². The molecule has 0 aliphatic carbocycles. The number of nitrogens with one attached hydrogen (secondary N) is 1. The second kappa shape index (κ2) is 4.94. The zero-order chi connectivity index (χ0) is 14.3. The number of amides is 1. The predicted octanol–water partition coefficient (Wildman–Crippen LogP) is 2.62. The van der Waals surface area contributed by atoms with Crippen molar-refractivity contribution in [3.8, 4) is 0 Å². The van der Waals surface area contributed by atoms with E-state index in [0.29, 0.717) is 18.5 Å². The van der Waals surface area contributed by atoms with E-state index in [4.69, 9.17) is 0 Å². The molecule has 3 rings (SSSR count). The highest BCUT2D eigenvalue weighted by molar-refractivity contribution is 9.10. The first-order chi connectivity index (χ1) is 9.59. The monoisotopic (exact) mass is 336 g/mol. The van der Waals surface area contributed by atoms with E-state index in [0.717, 1.165) is 21.8 Å². The molecule has 20 heavy (non-hydrogen) atoms. The minimum absolute atomic E-state index is 0.229. The molecule has 0 bridgehead atoms. The molecule has 1 fully saturated rings. The molecule has 1 saturated heterocycles. The lowest BCUT2D eigenvalue weighted by molar-refractivity contribution is -0.141. The Kier molecular flexibility index (Phi) is 3.25. The number of fused-ring (bicyclic) bond motifs is 1. The van der Waals surface area contributed by atoms with Gasteiger partial charge in [0, 0.05) is 28.1 Å². The number of nitrogens with zero attached hydrogens (tertiary/aromatic N) is 1. The number of likely N-dealkylation sites (tertiary alicyclic amines) is 1. The Labute approximate surface area is 123 Å². The number of aromatic amines is 1. The zero-order valence-electron chi connectivity index (χ0n) is 10.6. The third kappa shape index (κ3) is 2.00. The summed E-state index contributed by atoms with van der Waals surface area (Å²) in [5.41, 5.74) is 1.37. The summed E-state index contributed by atoms with van der Waals surface area (Å²) in [6, 6.07) is 4.92. The van der Waals surface area contributed by atoms with E-state index in [1.165, 1.54) is 4.90 Å². The van der Waals surface area contributed by atoms with Crippen molar-refractivity contribution in [3.05, 3.63) is 34.4 Å². The van der Waals surface area contributed by atoms with Crippen molar-refractivity contribution in [1.29, 1.82) is 0 Å². The lowest BCUT2D eigenvalue weighted by Gasteiger charge is -2.21. The normalized spacial score (nSPS) is 18.6. The summed E-state index contributed by atoms with van der Waals surface area (Å²) in [6.07, 6.45) is 2.89. The molecule has 2 N–H and O–H groups in total. The van der Waals surface area contributed by atoms with Crippen molar-refractivity contribution < 1.29 is 14.7 Å². The number of aromatic nitrogens is 1. The summed E-state index contributed by atoms with van der Waals surface area (Å²) in [5.74, 6) is -1.16. The molecular weight excluding hydrogens is 324 g/mol. The van der Waals surface area contributed by atoms with Crippen LogP contribution in [0.5, 0.6) is 0 Å². The third-order valence-corrected chi connectivity index (χ3v) is 4.34. The molecule has 6 heteroatoms. The number of rotatable bonds is 2. The molecule has 104 valence electrons. The Bertz CT molecular complexity index is 695. The van der Waals surface area contributed by atoms with Gasteiger partial charge in [-0.25, -0.2) is 4.79 Å². The lowest BCUT2D eigenvalue weighted by Crippen LogP contribution is -2.40. The van der Waals surface area contributed by atoms with E-state index in [2.05, 4.69) is 20.9 Å². The fraction of sp³-hybridized carbons (Fsp3) is 0.286. The maximum Gasteiger partial charge on any atom is 0.326 e. The molecule has 5 nitrogen and oxygen atoms in total. The van der Waals surface area contributed by atoms with Gasteiger partial charge in [0.1, 0.15) is 6.04 Å². The number of benzene rings is 1. The zero-order valence-corrected chi connectivity index (χ0v) is 12.2. The number of H-pyrrole nitrogens is 1. The van der Waals surface area contributed by atoms with Crippen molar-refractivity contribution in [1.82, 2.24) is 9.88 Å². The first kappa shape index (κ1) is 13.2. The highest BCUT2D eigenvalue weighted by atomic mass is 79.9. The minimum atomic E-state index is -0.935. The van der Waals surface area contributed by atoms with Crippen LogP contribution < -0.4 is 0 Å². The fourth-order valence-corrected chi connectivity index (χ4v) is 3.31. The topological polar surface area (TPSA) is 73.4 Å². The number of carboxylic acids is 1. The van der Waals surface area contributed by atoms with Crippen molar-refractivity contribution in [2.75, 3.05) is 6.54 Å². The molecule has 2 heterocycles. The smallest absolute Gasteiger partial charge is 0.326 e. The van der Waals surface area contributed by atoms with Crippen molar-refractivity contribution in [2.24, 2.45) is 0 Å². The van der Waals surface area contributed by atoms with E-state index in [1.807, 2.05) is 18.2 Å². The standard InChI is InChI=1S/C14H13BrN2O3/c15-9-3-1-4-10-12(9)8(7-16-10)13(18)17-6-2-5-11(17)14(19)20/h1,3-4,7,11,16H,2,5-6H2,(H,19,20). The first-order valence-corrected chi connectivity index (χ1v) is 7.18. The van der Waals surface area contributed by atoms with Gasteiger partial charge in [0.25, 0.3) is 5.91 Å². The van der Waals surface area contributed by atoms with Crippen LogP contribution in [0.1, 0.15) is 23.2 Å². The molecule has 1 atom stereocenters. The van der Waals surface area contributed by atoms with E-state index in [1.54, 1.807) is 6.20 Å². The average molecular weight is 337 g/mol. The predicted molar refractivity (Wildman–Crippen MR) is 77.7 cm³/mol. The summed E-state index contributed by atoms with van der Waals surface area (Å²) in [7, 11) is 0. The van der Waals surface area contributed by atoms with Gasteiger partial charge in [-0.15, -0.1) is 0 Å². The average Bonchev–Trinajstić information content (AvgIpc) is 3.05. The molecule has 1 unspecified atom stereocenters. The molecular formula is C14H13BrN2O3. The molecule has 1 aromatic carbocycles. The van der Waals surface area contributed by atoms with Gasteiger partial charge < -0.3 is 15.0 Å². The number of halogens is 1. The van der Waals surface area contributed by atoms with Gasteiger partial charge in [-0.2, -0.15) is 0 Å². The number of carbonyl (C=O) groups excluding carboxylic acids is 1. The van der Waals surface area contributed by atoms with Crippen LogP contribution in [-0.2, 0) is 4.79 Å². The number of carboxylic acid groups (broad SMARTS) is 1.